The van der Waals surface area contributed by atoms with E-state index < -0.39 is 0 Å². The molecule has 2 nitrogen and oxygen atoms in total. The standard InChI is InChI=1S/C11H16BrNO/c12-3-1-9-5-10(2-4-14)7-11(6-9)8-13/h5-7,14H,1-4,8,13H2. The lowest BCUT2D eigenvalue weighted by molar-refractivity contribution is 0.299. The monoisotopic (exact) mass is 257 g/mol. The van der Waals surface area contributed by atoms with Gasteiger partial charge in [-0.3, -0.25) is 0 Å². The van der Waals surface area contributed by atoms with Crippen molar-refractivity contribution < 1.29 is 5.11 Å². The zero-order chi connectivity index (χ0) is 10.4. The molecule has 0 spiro atoms. The van der Waals surface area contributed by atoms with Gasteiger partial charge in [0, 0.05) is 18.5 Å². The minimum atomic E-state index is 0.196. The molecule has 0 aliphatic heterocycles. The summed E-state index contributed by atoms with van der Waals surface area (Å²) < 4.78 is 0. The Labute approximate surface area is 93.3 Å². The van der Waals surface area contributed by atoms with Crippen LogP contribution < -0.4 is 5.73 Å². The molecule has 14 heavy (non-hydrogen) atoms. The topological polar surface area (TPSA) is 46.2 Å². The lowest BCUT2D eigenvalue weighted by Gasteiger charge is -2.06. The minimum absolute atomic E-state index is 0.196. The zero-order valence-electron chi connectivity index (χ0n) is 8.17. The summed E-state index contributed by atoms with van der Waals surface area (Å²) in [6.07, 6.45) is 1.72. The summed E-state index contributed by atoms with van der Waals surface area (Å²) in [5.41, 5.74) is 9.21. The molecule has 0 fully saturated rings. The molecule has 0 heterocycles. The number of halogens is 1. The number of hydrogen-bond acceptors (Lipinski definition) is 2. The number of alkyl halides is 1. The van der Waals surface area contributed by atoms with Crippen LogP contribution >= 0.6 is 15.9 Å². The van der Waals surface area contributed by atoms with E-state index in [1.54, 1.807) is 0 Å². The smallest absolute Gasteiger partial charge is 0.0471 e. The Morgan fingerprint density at radius 3 is 2.14 bits per heavy atom. The Bertz CT molecular complexity index is 264. The van der Waals surface area contributed by atoms with Gasteiger partial charge in [0.2, 0.25) is 0 Å². The molecular weight excluding hydrogens is 242 g/mol. The maximum atomic E-state index is 8.86. The molecule has 0 saturated heterocycles. The van der Waals surface area contributed by atoms with Crippen LogP contribution in [0.2, 0.25) is 0 Å². The molecule has 1 aromatic rings. The predicted octanol–water partition coefficient (Wildman–Crippen LogP) is 1.62. The van der Waals surface area contributed by atoms with Crippen LogP contribution in [-0.4, -0.2) is 17.0 Å². The highest BCUT2D eigenvalue weighted by Gasteiger charge is 1.99. The van der Waals surface area contributed by atoms with Crippen molar-refractivity contribution in [3.05, 3.63) is 34.9 Å². The van der Waals surface area contributed by atoms with E-state index in [1.165, 1.54) is 11.1 Å². The molecule has 78 valence electrons. The second kappa shape index (κ2) is 6.17. The van der Waals surface area contributed by atoms with Gasteiger partial charge in [0.15, 0.2) is 0 Å². The van der Waals surface area contributed by atoms with Crippen molar-refractivity contribution in [1.82, 2.24) is 0 Å². The van der Waals surface area contributed by atoms with E-state index in [0.717, 1.165) is 17.3 Å². The van der Waals surface area contributed by atoms with Crippen molar-refractivity contribution in [3.63, 3.8) is 0 Å². The van der Waals surface area contributed by atoms with Gasteiger partial charge in [0.05, 0.1) is 0 Å². The Morgan fingerprint density at radius 2 is 1.64 bits per heavy atom. The first-order valence-electron chi connectivity index (χ1n) is 4.78. The normalized spacial score (nSPS) is 10.5. The van der Waals surface area contributed by atoms with Crippen LogP contribution in [-0.2, 0) is 19.4 Å². The molecule has 3 heteroatoms. The highest BCUT2D eigenvalue weighted by Crippen LogP contribution is 2.12. The molecule has 0 aromatic heterocycles. The van der Waals surface area contributed by atoms with Gasteiger partial charge in [-0.1, -0.05) is 34.1 Å². The second-order valence-corrected chi connectivity index (χ2v) is 4.07. The van der Waals surface area contributed by atoms with Gasteiger partial charge in [-0.15, -0.1) is 0 Å². The number of nitrogens with two attached hydrogens (primary N) is 1. The Balaban J connectivity index is 2.88. The Kier molecular flexibility index (Phi) is 5.15. The van der Waals surface area contributed by atoms with Crippen molar-refractivity contribution in [2.24, 2.45) is 5.73 Å². The predicted molar refractivity (Wildman–Crippen MR) is 62.6 cm³/mol. The van der Waals surface area contributed by atoms with Crippen molar-refractivity contribution in [3.8, 4) is 0 Å². The molecule has 3 N–H and O–H groups in total. The van der Waals surface area contributed by atoms with Crippen LogP contribution in [0.15, 0.2) is 18.2 Å². The molecule has 1 aromatic carbocycles. The van der Waals surface area contributed by atoms with Gasteiger partial charge in [-0.25, -0.2) is 0 Å². The quantitative estimate of drug-likeness (QED) is 0.788. The number of aryl methyl sites for hydroxylation is 1. The SMILES string of the molecule is NCc1cc(CCO)cc(CCBr)c1. The van der Waals surface area contributed by atoms with Crippen LogP contribution in [0, 0.1) is 0 Å². The van der Waals surface area contributed by atoms with Crippen molar-refractivity contribution >= 4 is 15.9 Å². The van der Waals surface area contributed by atoms with Crippen LogP contribution in [0.1, 0.15) is 16.7 Å². The van der Waals surface area contributed by atoms with E-state index >= 15 is 0 Å². The highest BCUT2D eigenvalue weighted by molar-refractivity contribution is 9.09. The number of aliphatic hydroxyl groups excluding tert-OH is 1. The molecule has 0 unspecified atom stereocenters. The van der Waals surface area contributed by atoms with E-state index in [1.807, 2.05) is 0 Å². The fourth-order valence-electron chi connectivity index (χ4n) is 1.48. The number of benzene rings is 1. The second-order valence-electron chi connectivity index (χ2n) is 3.27. The molecule has 0 aliphatic rings. The average Bonchev–Trinajstić information content (AvgIpc) is 2.18. The first kappa shape index (κ1) is 11.7. The zero-order valence-corrected chi connectivity index (χ0v) is 9.76. The molecule has 0 amide bonds. The van der Waals surface area contributed by atoms with Crippen molar-refractivity contribution in [2.75, 3.05) is 11.9 Å². The van der Waals surface area contributed by atoms with Crippen molar-refractivity contribution in [1.29, 1.82) is 0 Å². The Morgan fingerprint density at radius 1 is 1.07 bits per heavy atom. The summed E-state index contributed by atoms with van der Waals surface area (Å²) in [7, 11) is 0. The lowest BCUT2D eigenvalue weighted by Crippen LogP contribution is -2.01. The summed E-state index contributed by atoms with van der Waals surface area (Å²) in [5.74, 6) is 0. The first-order chi connectivity index (χ1) is 6.80. The van der Waals surface area contributed by atoms with Gasteiger partial charge in [0.1, 0.15) is 0 Å². The fraction of sp³-hybridized carbons (Fsp3) is 0.455. The van der Waals surface area contributed by atoms with Gasteiger partial charge < -0.3 is 10.8 Å². The van der Waals surface area contributed by atoms with Crippen LogP contribution in [0.25, 0.3) is 0 Å². The number of rotatable bonds is 5. The van der Waals surface area contributed by atoms with Gasteiger partial charge in [-0.05, 0) is 29.5 Å². The third-order valence-electron chi connectivity index (χ3n) is 2.13. The summed E-state index contributed by atoms with van der Waals surface area (Å²) in [6, 6.07) is 6.33. The largest absolute Gasteiger partial charge is 0.396 e. The lowest BCUT2D eigenvalue weighted by atomic mass is 10.0. The molecule has 0 saturated carbocycles. The molecule has 1 rings (SSSR count). The van der Waals surface area contributed by atoms with Gasteiger partial charge >= 0.3 is 0 Å². The van der Waals surface area contributed by atoms with E-state index in [-0.39, 0.29) is 6.61 Å². The average molecular weight is 258 g/mol. The third kappa shape index (κ3) is 3.40. The number of hydrogen-bond donors (Lipinski definition) is 2. The summed E-state index contributed by atoms with van der Waals surface area (Å²) in [5, 5.41) is 9.82. The minimum Gasteiger partial charge on any atom is -0.396 e. The number of aliphatic hydroxyl groups is 1. The maximum absolute atomic E-state index is 8.86. The van der Waals surface area contributed by atoms with E-state index in [2.05, 4.69) is 34.1 Å². The maximum Gasteiger partial charge on any atom is 0.0471 e. The van der Waals surface area contributed by atoms with Crippen LogP contribution in [0.4, 0.5) is 0 Å². The molecular formula is C11H16BrNO. The third-order valence-corrected chi connectivity index (χ3v) is 2.53. The van der Waals surface area contributed by atoms with Gasteiger partial charge in [0.25, 0.3) is 0 Å². The van der Waals surface area contributed by atoms with E-state index in [4.69, 9.17) is 10.8 Å². The van der Waals surface area contributed by atoms with E-state index in [0.29, 0.717) is 13.0 Å². The molecule has 0 aliphatic carbocycles. The summed E-state index contributed by atoms with van der Waals surface area (Å²) in [6.45, 7) is 0.760. The van der Waals surface area contributed by atoms with Gasteiger partial charge in [-0.2, -0.15) is 0 Å². The van der Waals surface area contributed by atoms with Crippen LogP contribution in [0.5, 0.6) is 0 Å². The fourth-order valence-corrected chi connectivity index (χ4v) is 1.94. The molecule has 0 atom stereocenters. The Hall–Kier alpha value is -0.380. The highest BCUT2D eigenvalue weighted by atomic mass is 79.9. The van der Waals surface area contributed by atoms with E-state index in [9.17, 15) is 0 Å². The molecule has 0 bridgehead atoms. The van der Waals surface area contributed by atoms with Crippen LogP contribution in [0.3, 0.4) is 0 Å². The summed E-state index contributed by atoms with van der Waals surface area (Å²) in [4.78, 5) is 0. The first-order valence-corrected chi connectivity index (χ1v) is 5.91. The summed E-state index contributed by atoms with van der Waals surface area (Å²) >= 11 is 3.42. The van der Waals surface area contributed by atoms with Crippen molar-refractivity contribution in [2.45, 2.75) is 19.4 Å². The molecule has 0 radical (unpaired) electrons.